The van der Waals surface area contributed by atoms with E-state index < -0.39 is 36.9 Å². The fourth-order valence-electron chi connectivity index (χ4n) is 3.12. The molecule has 12 heteroatoms. The molecule has 33 heavy (non-hydrogen) atoms. The van der Waals surface area contributed by atoms with Crippen molar-refractivity contribution in [2.75, 3.05) is 32.6 Å². The van der Waals surface area contributed by atoms with Crippen LogP contribution in [0.15, 0.2) is 42.6 Å². The van der Waals surface area contributed by atoms with Gasteiger partial charge < -0.3 is 30.8 Å². The van der Waals surface area contributed by atoms with Crippen LogP contribution in [0.25, 0.3) is 0 Å². The van der Waals surface area contributed by atoms with Crippen LogP contribution in [0.1, 0.15) is 23.2 Å². The minimum absolute atomic E-state index is 0.0885. The Kier molecular flexibility index (Phi) is 9.44. The molecule has 0 aliphatic carbocycles. The molecule has 0 radical (unpaired) electrons. The van der Waals surface area contributed by atoms with Gasteiger partial charge in [-0.15, -0.1) is 0 Å². The number of hydrogen-bond acceptors (Lipinski definition) is 6. The standard InChI is InChI=1S/C13H17F3N4O2.C8H8ClNO/c1-17-11-5-8(3-4-18-11)9(7-22-2)20-6-10(13(14,15)16)19-12(20)21;9-7-3-1-2-6(4-7)8(10)5-11/h3-5,9-10H,6-7H2,1-2H3,(H,17,18)(H,19,21);1-5,8H,10H2/t;8-/m.1/s1. The monoisotopic (exact) mass is 487 g/mol. The molecule has 3 rings (SSSR count). The molecule has 0 bridgehead atoms. The van der Waals surface area contributed by atoms with Gasteiger partial charge in [-0.05, 0) is 35.4 Å². The maximum Gasteiger partial charge on any atom is 0.410 e. The van der Waals surface area contributed by atoms with Gasteiger partial charge in [0, 0.05) is 25.4 Å². The zero-order valence-electron chi connectivity index (χ0n) is 18.0. The molecule has 4 N–H and O–H groups in total. The quantitative estimate of drug-likeness (QED) is 0.517. The Hall–Kier alpha value is -2.89. The molecule has 2 aromatic rings. The first kappa shape index (κ1) is 26.4. The van der Waals surface area contributed by atoms with Crippen LogP contribution in [0.3, 0.4) is 0 Å². The Morgan fingerprint density at radius 1 is 1.36 bits per heavy atom. The van der Waals surface area contributed by atoms with Crippen LogP contribution in [0.2, 0.25) is 5.02 Å². The number of nitrogens with two attached hydrogens (primary N) is 1. The lowest BCUT2D eigenvalue weighted by atomic mass is 10.1. The zero-order valence-corrected chi connectivity index (χ0v) is 18.7. The number of rotatable bonds is 7. The van der Waals surface area contributed by atoms with E-state index in [0.29, 0.717) is 22.7 Å². The van der Waals surface area contributed by atoms with Crippen LogP contribution in [-0.2, 0) is 9.53 Å². The van der Waals surface area contributed by atoms with E-state index in [1.54, 1.807) is 43.4 Å². The highest BCUT2D eigenvalue weighted by Gasteiger charge is 2.48. The highest BCUT2D eigenvalue weighted by molar-refractivity contribution is 6.30. The van der Waals surface area contributed by atoms with Crippen molar-refractivity contribution in [1.29, 1.82) is 0 Å². The highest BCUT2D eigenvalue weighted by Crippen LogP contribution is 2.30. The van der Waals surface area contributed by atoms with Gasteiger partial charge in [-0.1, -0.05) is 23.7 Å². The van der Waals surface area contributed by atoms with Crippen molar-refractivity contribution in [2.45, 2.75) is 24.3 Å². The van der Waals surface area contributed by atoms with Gasteiger partial charge in [-0.3, -0.25) is 0 Å². The van der Waals surface area contributed by atoms with E-state index in [1.807, 2.05) is 5.32 Å². The van der Waals surface area contributed by atoms with Gasteiger partial charge in [0.2, 0.25) is 0 Å². The summed E-state index contributed by atoms with van der Waals surface area (Å²) >= 11 is 5.67. The third-order valence-corrected chi connectivity index (χ3v) is 5.07. The topological polar surface area (TPSA) is 110 Å². The van der Waals surface area contributed by atoms with Crippen LogP contribution in [0, 0.1) is 0 Å². The first-order chi connectivity index (χ1) is 15.6. The maximum atomic E-state index is 12.8. The number of aromatic nitrogens is 1. The minimum atomic E-state index is -4.48. The van der Waals surface area contributed by atoms with Crippen molar-refractivity contribution in [3.05, 3.63) is 58.7 Å². The molecule has 2 heterocycles. The van der Waals surface area contributed by atoms with Gasteiger partial charge in [0.05, 0.1) is 25.2 Å². The molecule has 0 saturated carbocycles. The molecule has 3 atom stereocenters. The van der Waals surface area contributed by atoms with Crippen molar-refractivity contribution in [3.8, 4) is 0 Å². The van der Waals surface area contributed by atoms with E-state index >= 15 is 0 Å². The molecule has 1 aliphatic heterocycles. The van der Waals surface area contributed by atoms with Crippen molar-refractivity contribution in [3.63, 3.8) is 0 Å². The molecular formula is C21H25ClF3N5O3. The normalized spacial score (nSPS) is 17.5. The summed E-state index contributed by atoms with van der Waals surface area (Å²) in [6.07, 6.45) is -2.26. The third kappa shape index (κ3) is 7.31. The fraction of sp³-hybridized carbons (Fsp3) is 0.381. The molecule has 1 saturated heterocycles. The van der Waals surface area contributed by atoms with E-state index in [-0.39, 0.29) is 6.61 Å². The second-order valence-corrected chi connectivity index (χ2v) is 7.54. The summed E-state index contributed by atoms with van der Waals surface area (Å²) in [5.41, 5.74) is 6.83. The predicted octanol–water partition coefficient (Wildman–Crippen LogP) is 3.31. The third-order valence-electron chi connectivity index (χ3n) is 4.84. The van der Waals surface area contributed by atoms with Gasteiger partial charge in [-0.25, -0.2) is 9.78 Å². The molecule has 1 aromatic heterocycles. The summed E-state index contributed by atoms with van der Waals surface area (Å²) in [7, 11) is 3.11. The second-order valence-electron chi connectivity index (χ2n) is 7.11. The molecule has 0 spiro atoms. The summed E-state index contributed by atoms with van der Waals surface area (Å²) in [6, 6.07) is 6.48. The molecular weight excluding hydrogens is 463 g/mol. The number of ether oxygens (including phenoxy) is 1. The number of nitrogens with one attached hydrogen (secondary N) is 2. The molecule has 8 nitrogen and oxygen atoms in total. The number of urea groups is 1. The van der Waals surface area contributed by atoms with E-state index in [9.17, 15) is 22.8 Å². The first-order valence-corrected chi connectivity index (χ1v) is 10.2. The summed E-state index contributed by atoms with van der Waals surface area (Å²) in [4.78, 5) is 27.3. The van der Waals surface area contributed by atoms with E-state index in [1.165, 1.54) is 13.3 Å². The first-order valence-electron chi connectivity index (χ1n) is 9.83. The molecule has 1 aliphatic rings. The van der Waals surface area contributed by atoms with Gasteiger partial charge >= 0.3 is 12.2 Å². The predicted molar refractivity (Wildman–Crippen MR) is 118 cm³/mol. The van der Waals surface area contributed by atoms with Crippen LogP contribution in [0.5, 0.6) is 0 Å². The second kappa shape index (κ2) is 11.8. The molecule has 2 unspecified atom stereocenters. The largest absolute Gasteiger partial charge is 0.410 e. The summed E-state index contributed by atoms with van der Waals surface area (Å²) in [6.45, 7) is -0.362. The molecule has 2 amide bonds. The average molecular weight is 488 g/mol. The molecule has 1 fully saturated rings. The number of nitrogens with zero attached hydrogens (tertiary/aromatic N) is 2. The smallest absolute Gasteiger partial charge is 0.382 e. The number of aldehydes is 1. The lowest BCUT2D eigenvalue weighted by Crippen LogP contribution is -2.40. The molecule has 1 aromatic carbocycles. The van der Waals surface area contributed by atoms with Gasteiger partial charge in [0.1, 0.15) is 18.1 Å². The average Bonchev–Trinajstić information content (AvgIpc) is 3.19. The number of carbonyl (C=O) groups excluding carboxylic acids is 2. The summed E-state index contributed by atoms with van der Waals surface area (Å²) < 4.78 is 43.4. The Bertz CT molecular complexity index is 947. The summed E-state index contributed by atoms with van der Waals surface area (Å²) in [5.74, 6) is 0.561. The number of amides is 2. The van der Waals surface area contributed by atoms with Crippen molar-refractivity contribution < 1.29 is 27.5 Å². The Morgan fingerprint density at radius 3 is 2.64 bits per heavy atom. The number of hydrogen-bond donors (Lipinski definition) is 3. The van der Waals surface area contributed by atoms with Gasteiger partial charge in [-0.2, -0.15) is 13.2 Å². The number of carbonyl (C=O) groups is 2. The van der Waals surface area contributed by atoms with Gasteiger partial charge in [0.25, 0.3) is 0 Å². The van der Waals surface area contributed by atoms with Crippen LogP contribution >= 0.6 is 11.6 Å². The maximum absolute atomic E-state index is 12.8. The van der Waals surface area contributed by atoms with Crippen molar-refractivity contribution in [2.24, 2.45) is 5.73 Å². The number of alkyl halides is 3. The highest BCUT2D eigenvalue weighted by atomic mass is 35.5. The van der Waals surface area contributed by atoms with Crippen molar-refractivity contribution in [1.82, 2.24) is 15.2 Å². The Labute approximate surface area is 194 Å². The number of halogens is 4. The Morgan fingerprint density at radius 2 is 2.09 bits per heavy atom. The van der Waals surface area contributed by atoms with E-state index in [2.05, 4.69) is 10.3 Å². The van der Waals surface area contributed by atoms with Crippen LogP contribution in [-0.4, -0.2) is 61.7 Å². The number of benzene rings is 1. The van der Waals surface area contributed by atoms with Crippen molar-refractivity contribution >= 4 is 29.7 Å². The summed E-state index contributed by atoms with van der Waals surface area (Å²) in [5, 5.41) is 5.40. The molecule has 180 valence electrons. The number of anilines is 1. The number of methoxy groups -OCH3 is 1. The lowest BCUT2D eigenvalue weighted by Gasteiger charge is -2.27. The van der Waals surface area contributed by atoms with Crippen LogP contribution in [0.4, 0.5) is 23.8 Å². The zero-order chi connectivity index (χ0) is 24.6. The van der Waals surface area contributed by atoms with E-state index in [4.69, 9.17) is 22.1 Å². The lowest BCUT2D eigenvalue weighted by molar-refractivity contribution is -0.150. The van der Waals surface area contributed by atoms with E-state index in [0.717, 1.165) is 10.5 Å². The Balaban J connectivity index is 0.000000294. The minimum Gasteiger partial charge on any atom is -0.382 e. The number of pyridine rings is 1. The fourth-order valence-corrected chi connectivity index (χ4v) is 3.32. The van der Waals surface area contributed by atoms with Gasteiger partial charge in [0.15, 0.2) is 0 Å². The SMILES string of the molecule is CNc1cc(C(COC)N2CC(C(F)(F)F)NC2=O)ccn1.N[C@H](C=O)c1cccc(Cl)c1. The van der Waals surface area contributed by atoms with Crippen LogP contribution < -0.4 is 16.4 Å².